The topological polar surface area (TPSA) is 28.2 Å². The van der Waals surface area contributed by atoms with E-state index in [0.717, 1.165) is 29.6 Å². The quantitative estimate of drug-likeness (QED) is 0.908. The van der Waals surface area contributed by atoms with Crippen molar-refractivity contribution in [2.24, 2.45) is 0 Å². The molecule has 2 rings (SSSR count). The summed E-state index contributed by atoms with van der Waals surface area (Å²) < 4.78 is 12.9. The average Bonchev–Trinajstić information content (AvgIpc) is 2.78. The lowest BCUT2D eigenvalue weighted by Gasteiger charge is -2.15. The van der Waals surface area contributed by atoms with Crippen LogP contribution in [0, 0.1) is 12.7 Å². The smallest absolute Gasteiger partial charge is 0.190 e. The van der Waals surface area contributed by atoms with Gasteiger partial charge in [0.1, 0.15) is 5.82 Å². The highest BCUT2D eigenvalue weighted by molar-refractivity contribution is 7.15. The molecule has 2 aromatic rings. The lowest BCUT2D eigenvalue weighted by Crippen LogP contribution is -2.11. The van der Waals surface area contributed by atoms with Crippen molar-refractivity contribution in [1.29, 1.82) is 0 Å². The SMILES string of the molecule is CCNCc1sc(N(C)c2ccc(F)cc2)nc1C. The van der Waals surface area contributed by atoms with Crippen LogP contribution in [0.5, 0.6) is 0 Å². The fraction of sp³-hybridized carbons (Fsp3) is 0.357. The second-order valence-electron chi connectivity index (χ2n) is 4.32. The van der Waals surface area contributed by atoms with Gasteiger partial charge in [0.2, 0.25) is 0 Å². The van der Waals surface area contributed by atoms with Gasteiger partial charge in [-0.25, -0.2) is 9.37 Å². The molecule has 102 valence electrons. The summed E-state index contributed by atoms with van der Waals surface area (Å²) in [6.07, 6.45) is 0. The molecule has 1 aromatic carbocycles. The molecule has 0 spiro atoms. The van der Waals surface area contributed by atoms with Crippen molar-refractivity contribution in [3.05, 3.63) is 40.7 Å². The van der Waals surface area contributed by atoms with E-state index in [0.29, 0.717) is 0 Å². The molecule has 1 heterocycles. The van der Waals surface area contributed by atoms with Gasteiger partial charge >= 0.3 is 0 Å². The molecule has 3 nitrogen and oxygen atoms in total. The van der Waals surface area contributed by atoms with Crippen LogP contribution in [0.1, 0.15) is 17.5 Å². The Labute approximate surface area is 117 Å². The minimum Gasteiger partial charge on any atom is -0.321 e. The Hall–Kier alpha value is -1.46. The van der Waals surface area contributed by atoms with Crippen LogP contribution in [0.2, 0.25) is 0 Å². The summed E-state index contributed by atoms with van der Waals surface area (Å²) in [5.74, 6) is -0.222. The zero-order valence-electron chi connectivity index (χ0n) is 11.4. The molecule has 0 radical (unpaired) electrons. The van der Waals surface area contributed by atoms with Crippen molar-refractivity contribution < 1.29 is 4.39 Å². The van der Waals surface area contributed by atoms with Crippen molar-refractivity contribution in [1.82, 2.24) is 10.3 Å². The fourth-order valence-corrected chi connectivity index (χ4v) is 2.75. The first kappa shape index (κ1) is 14.0. The standard InChI is InChI=1S/C14H18FN3S/c1-4-16-9-13-10(2)17-14(19-13)18(3)12-7-5-11(15)6-8-12/h5-8,16H,4,9H2,1-3H3. The summed E-state index contributed by atoms with van der Waals surface area (Å²) in [5.41, 5.74) is 1.99. The van der Waals surface area contributed by atoms with Crippen LogP contribution in [0.4, 0.5) is 15.2 Å². The molecular weight excluding hydrogens is 261 g/mol. The van der Waals surface area contributed by atoms with Crippen LogP contribution in [-0.2, 0) is 6.54 Å². The lowest BCUT2D eigenvalue weighted by atomic mass is 10.3. The Morgan fingerprint density at radius 2 is 2.00 bits per heavy atom. The number of halogens is 1. The van der Waals surface area contributed by atoms with E-state index in [9.17, 15) is 4.39 Å². The summed E-state index contributed by atoms with van der Waals surface area (Å²) in [7, 11) is 1.95. The van der Waals surface area contributed by atoms with Gasteiger partial charge in [-0.15, -0.1) is 0 Å². The van der Waals surface area contributed by atoms with E-state index in [-0.39, 0.29) is 5.82 Å². The molecule has 1 N–H and O–H groups in total. The van der Waals surface area contributed by atoms with Crippen molar-refractivity contribution in [2.75, 3.05) is 18.5 Å². The highest BCUT2D eigenvalue weighted by Crippen LogP contribution is 2.30. The van der Waals surface area contributed by atoms with Gasteiger partial charge < -0.3 is 10.2 Å². The highest BCUT2D eigenvalue weighted by atomic mass is 32.1. The maximum absolute atomic E-state index is 12.9. The molecule has 5 heteroatoms. The Kier molecular flexibility index (Phi) is 4.50. The Morgan fingerprint density at radius 1 is 1.32 bits per heavy atom. The molecule has 0 fully saturated rings. The molecule has 1 aromatic heterocycles. The van der Waals surface area contributed by atoms with Crippen LogP contribution in [-0.4, -0.2) is 18.6 Å². The second-order valence-corrected chi connectivity index (χ2v) is 5.38. The van der Waals surface area contributed by atoms with Crippen LogP contribution >= 0.6 is 11.3 Å². The van der Waals surface area contributed by atoms with Gasteiger partial charge in [0, 0.05) is 24.2 Å². The molecule has 0 saturated heterocycles. The number of aryl methyl sites for hydroxylation is 1. The molecule has 0 atom stereocenters. The maximum Gasteiger partial charge on any atom is 0.190 e. The Balaban J connectivity index is 2.19. The predicted octanol–water partition coefficient (Wildman–Crippen LogP) is 3.47. The largest absolute Gasteiger partial charge is 0.321 e. The van der Waals surface area contributed by atoms with Crippen molar-refractivity contribution in [2.45, 2.75) is 20.4 Å². The third-order valence-corrected chi connectivity index (χ3v) is 4.15. The minimum absolute atomic E-state index is 0.222. The summed E-state index contributed by atoms with van der Waals surface area (Å²) in [5, 5.41) is 4.23. The van der Waals surface area contributed by atoms with E-state index in [1.807, 2.05) is 18.9 Å². The number of benzene rings is 1. The number of rotatable bonds is 5. The van der Waals surface area contributed by atoms with E-state index in [1.165, 1.54) is 17.0 Å². The molecule has 0 aliphatic heterocycles. The molecule has 0 aliphatic carbocycles. The zero-order valence-corrected chi connectivity index (χ0v) is 12.2. The van der Waals surface area contributed by atoms with Gasteiger partial charge in [-0.1, -0.05) is 18.3 Å². The minimum atomic E-state index is -0.222. The van der Waals surface area contributed by atoms with Crippen LogP contribution in [0.25, 0.3) is 0 Å². The molecule has 0 unspecified atom stereocenters. The number of nitrogens with zero attached hydrogens (tertiary/aromatic N) is 2. The molecule has 0 amide bonds. The summed E-state index contributed by atoms with van der Waals surface area (Å²) in [6.45, 7) is 5.89. The lowest BCUT2D eigenvalue weighted by molar-refractivity contribution is 0.628. The number of aromatic nitrogens is 1. The third-order valence-electron chi connectivity index (χ3n) is 2.92. The molecule has 0 bridgehead atoms. The fourth-order valence-electron chi connectivity index (χ4n) is 1.73. The molecule has 0 aliphatic rings. The van der Waals surface area contributed by atoms with Crippen LogP contribution < -0.4 is 10.2 Å². The number of nitrogens with one attached hydrogen (secondary N) is 1. The summed E-state index contributed by atoms with van der Waals surface area (Å²) in [6, 6.07) is 6.45. The third kappa shape index (κ3) is 3.30. The number of hydrogen-bond donors (Lipinski definition) is 1. The van der Waals surface area contributed by atoms with Gasteiger partial charge in [0.15, 0.2) is 5.13 Å². The van der Waals surface area contributed by atoms with Gasteiger partial charge in [-0.3, -0.25) is 0 Å². The first-order chi connectivity index (χ1) is 9.11. The van der Waals surface area contributed by atoms with Crippen molar-refractivity contribution in [3.8, 4) is 0 Å². The summed E-state index contributed by atoms with van der Waals surface area (Å²) in [4.78, 5) is 7.79. The molecule has 19 heavy (non-hydrogen) atoms. The molecule has 0 saturated carbocycles. The first-order valence-electron chi connectivity index (χ1n) is 6.28. The molecular formula is C14H18FN3S. The van der Waals surface area contributed by atoms with E-state index >= 15 is 0 Å². The van der Waals surface area contributed by atoms with Crippen molar-refractivity contribution >= 4 is 22.2 Å². The normalized spacial score (nSPS) is 10.7. The number of thiazole rings is 1. The highest BCUT2D eigenvalue weighted by Gasteiger charge is 2.12. The number of hydrogen-bond acceptors (Lipinski definition) is 4. The van der Waals surface area contributed by atoms with Crippen LogP contribution in [0.15, 0.2) is 24.3 Å². The maximum atomic E-state index is 12.9. The van der Waals surface area contributed by atoms with Gasteiger partial charge in [-0.2, -0.15) is 0 Å². The van der Waals surface area contributed by atoms with E-state index < -0.39 is 0 Å². The van der Waals surface area contributed by atoms with E-state index in [2.05, 4.69) is 17.2 Å². The number of anilines is 2. The summed E-state index contributed by atoms with van der Waals surface area (Å²) >= 11 is 1.67. The van der Waals surface area contributed by atoms with Crippen LogP contribution in [0.3, 0.4) is 0 Å². The average molecular weight is 279 g/mol. The zero-order chi connectivity index (χ0) is 13.8. The van der Waals surface area contributed by atoms with Crippen molar-refractivity contribution in [3.63, 3.8) is 0 Å². The van der Waals surface area contributed by atoms with E-state index in [4.69, 9.17) is 0 Å². The van der Waals surface area contributed by atoms with E-state index in [1.54, 1.807) is 23.5 Å². The van der Waals surface area contributed by atoms with Gasteiger partial charge in [-0.05, 0) is 37.7 Å². The predicted molar refractivity (Wildman–Crippen MR) is 78.7 cm³/mol. The monoisotopic (exact) mass is 279 g/mol. The second kappa shape index (κ2) is 6.12. The first-order valence-corrected chi connectivity index (χ1v) is 7.09. The van der Waals surface area contributed by atoms with Gasteiger partial charge in [0.25, 0.3) is 0 Å². The Morgan fingerprint density at radius 3 is 2.63 bits per heavy atom. The van der Waals surface area contributed by atoms with Gasteiger partial charge in [0.05, 0.1) is 5.69 Å². The Bertz CT molecular complexity index is 536.